The molecule has 0 bridgehead atoms. The van der Waals surface area contributed by atoms with Crippen LogP contribution in [0.5, 0.6) is 0 Å². The van der Waals surface area contributed by atoms with Crippen molar-refractivity contribution in [1.82, 2.24) is 10.5 Å². The molecule has 3 rings (SSSR count). The molecule has 0 aromatic heterocycles. The molecule has 2 N–H and O–H groups in total. The first-order chi connectivity index (χ1) is 11.4. The molecule has 2 atom stereocenters. The van der Waals surface area contributed by atoms with Gasteiger partial charge in [0.15, 0.2) is 0 Å². The highest BCUT2D eigenvalue weighted by molar-refractivity contribution is 7.85. The third-order valence-corrected chi connectivity index (χ3v) is 4.63. The summed E-state index contributed by atoms with van der Waals surface area (Å²) in [6.45, 7) is 0.423. The van der Waals surface area contributed by atoms with Gasteiger partial charge in [-0.05, 0) is 25.0 Å². The van der Waals surface area contributed by atoms with E-state index in [9.17, 15) is 13.2 Å². The van der Waals surface area contributed by atoms with Crippen LogP contribution in [-0.4, -0.2) is 51.0 Å². The lowest BCUT2D eigenvalue weighted by molar-refractivity contribution is -0.142. The van der Waals surface area contributed by atoms with Crippen LogP contribution >= 0.6 is 0 Å². The number of rotatable bonds is 4. The third kappa shape index (κ3) is 3.42. The van der Waals surface area contributed by atoms with Crippen molar-refractivity contribution in [2.24, 2.45) is 11.0 Å². The molecule has 2 unspecified atom stereocenters. The highest BCUT2D eigenvalue weighted by Gasteiger charge is 2.44. The SMILES string of the molecule is CNc1cccc(C2=NNC(=O)C3CCCN(OS(C)(=O)=O)C23)c1. The molecule has 1 saturated heterocycles. The maximum Gasteiger partial charge on any atom is 0.280 e. The van der Waals surface area contributed by atoms with E-state index in [4.69, 9.17) is 4.28 Å². The number of piperidine rings is 1. The molecule has 1 amide bonds. The van der Waals surface area contributed by atoms with Crippen LogP contribution in [0.15, 0.2) is 29.4 Å². The topological polar surface area (TPSA) is 100 Å². The van der Waals surface area contributed by atoms with E-state index in [1.807, 2.05) is 31.3 Å². The summed E-state index contributed by atoms with van der Waals surface area (Å²) in [4.78, 5) is 12.2. The summed E-state index contributed by atoms with van der Waals surface area (Å²) in [5, 5.41) is 8.62. The van der Waals surface area contributed by atoms with Gasteiger partial charge >= 0.3 is 0 Å². The summed E-state index contributed by atoms with van der Waals surface area (Å²) in [5.74, 6) is -0.610. The Morgan fingerprint density at radius 2 is 2.21 bits per heavy atom. The molecule has 130 valence electrons. The van der Waals surface area contributed by atoms with Gasteiger partial charge in [-0.2, -0.15) is 22.9 Å². The zero-order valence-electron chi connectivity index (χ0n) is 13.5. The average Bonchev–Trinajstić information content (AvgIpc) is 2.54. The number of hydroxylamine groups is 2. The second-order valence-corrected chi connectivity index (χ2v) is 7.47. The van der Waals surface area contributed by atoms with E-state index in [1.165, 1.54) is 5.06 Å². The van der Waals surface area contributed by atoms with Crippen molar-refractivity contribution >= 4 is 27.4 Å². The fraction of sp³-hybridized carbons (Fsp3) is 0.467. The number of amides is 1. The van der Waals surface area contributed by atoms with Crippen LogP contribution in [0.1, 0.15) is 18.4 Å². The second kappa shape index (κ2) is 6.50. The Kier molecular flexibility index (Phi) is 4.57. The first kappa shape index (κ1) is 16.9. The number of carbonyl (C=O) groups is 1. The Bertz CT molecular complexity index is 777. The van der Waals surface area contributed by atoms with E-state index in [0.29, 0.717) is 25.1 Å². The predicted molar refractivity (Wildman–Crippen MR) is 89.8 cm³/mol. The maximum absolute atomic E-state index is 12.2. The van der Waals surface area contributed by atoms with Crippen molar-refractivity contribution in [3.63, 3.8) is 0 Å². The molecule has 0 radical (unpaired) electrons. The van der Waals surface area contributed by atoms with Gasteiger partial charge in [-0.3, -0.25) is 4.79 Å². The van der Waals surface area contributed by atoms with Crippen LogP contribution < -0.4 is 10.7 Å². The van der Waals surface area contributed by atoms with Crippen LogP contribution in [0.2, 0.25) is 0 Å². The first-order valence-electron chi connectivity index (χ1n) is 7.71. The number of nitrogens with one attached hydrogen (secondary N) is 2. The van der Waals surface area contributed by atoms with Gasteiger partial charge < -0.3 is 5.32 Å². The predicted octanol–water partition coefficient (Wildman–Crippen LogP) is 0.534. The summed E-state index contributed by atoms with van der Waals surface area (Å²) in [7, 11) is -1.87. The summed E-state index contributed by atoms with van der Waals surface area (Å²) in [5.41, 5.74) is 4.85. The van der Waals surface area contributed by atoms with Gasteiger partial charge in [0.1, 0.15) is 0 Å². The number of benzene rings is 1. The Morgan fingerprint density at radius 1 is 1.42 bits per heavy atom. The van der Waals surface area contributed by atoms with Gasteiger partial charge in [0, 0.05) is 24.8 Å². The van der Waals surface area contributed by atoms with Crippen LogP contribution in [0.3, 0.4) is 0 Å². The maximum atomic E-state index is 12.2. The van der Waals surface area contributed by atoms with Crippen molar-refractivity contribution < 1.29 is 17.5 Å². The van der Waals surface area contributed by atoms with E-state index in [-0.39, 0.29) is 5.91 Å². The van der Waals surface area contributed by atoms with Crippen molar-refractivity contribution in [3.8, 4) is 0 Å². The van der Waals surface area contributed by atoms with Crippen molar-refractivity contribution in [2.45, 2.75) is 18.9 Å². The first-order valence-corrected chi connectivity index (χ1v) is 9.52. The van der Waals surface area contributed by atoms with Crippen molar-refractivity contribution in [3.05, 3.63) is 29.8 Å². The minimum absolute atomic E-state index is 0.213. The highest BCUT2D eigenvalue weighted by Crippen LogP contribution is 2.30. The number of hydrogen-bond acceptors (Lipinski definition) is 7. The molecule has 2 aliphatic rings. The fourth-order valence-corrected chi connectivity index (χ4v) is 3.67. The zero-order chi connectivity index (χ0) is 17.3. The van der Waals surface area contributed by atoms with Gasteiger partial charge in [0.05, 0.1) is 23.9 Å². The second-order valence-electron chi connectivity index (χ2n) is 5.92. The molecule has 8 nitrogen and oxygen atoms in total. The van der Waals surface area contributed by atoms with E-state index < -0.39 is 22.1 Å². The third-order valence-electron chi connectivity index (χ3n) is 4.17. The molecule has 1 aromatic rings. The van der Waals surface area contributed by atoms with Crippen LogP contribution in [-0.2, 0) is 19.2 Å². The normalized spacial score (nSPS) is 24.8. The molecular formula is C15H20N4O4S. The molecule has 2 aliphatic heterocycles. The largest absolute Gasteiger partial charge is 0.388 e. The minimum Gasteiger partial charge on any atom is -0.388 e. The number of hydrazone groups is 1. The molecule has 1 aromatic carbocycles. The highest BCUT2D eigenvalue weighted by atomic mass is 32.2. The fourth-order valence-electron chi connectivity index (χ4n) is 3.16. The van der Waals surface area contributed by atoms with Gasteiger partial charge in [-0.1, -0.05) is 12.1 Å². The van der Waals surface area contributed by atoms with Crippen molar-refractivity contribution in [1.29, 1.82) is 0 Å². The number of fused-ring (bicyclic) bond motifs is 1. The van der Waals surface area contributed by atoms with Gasteiger partial charge in [-0.25, -0.2) is 5.43 Å². The standard InChI is InChI=1S/C15H20N4O4S/c1-16-11-6-3-5-10(9-11)13-14-12(15(20)18-17-13)7-4-8-19(14)23-24(2,21)22/h3,5-6,9,12,14,16H,4,7-8H2,1-2H3,(H,18,20). The van der Waals surface area contributed by atoms with E-state index in [1.54, 1.807) is 0 Å². The molecule has 0 spiro atoms. The Labute approximate surface area is 140 Å². The zero-order valence-corrected chi connectivity index (χ0v) is 14.3. The van der Waals surface area contributed by atoms with Gasteiger partial charge in [0.25, 0.3) is 10.1 Å². The van der Waals surface area contributed by atoms with Crippen LogP contribution in [0, 0.1) is 5.92 Å². The number of nitrogens with zero attached hydrogens (tertiary/aromatic N) is 2. The molecule has 24 heavy (non-hydrogen) atoms. The smallest absolute Gasteiger partial charge is 0.280 e. The number of carbonyl (C=O) groups excluding carboxylic acids is 1. The minimum atomic E-state index is -3.68. The number of hydrogen-bond donors (Lipinski definition) is 2. The average molecular weight is 352 g/mol. The van der Waals surface area contributed by atoms with Crippen LogP contribution in [0.25, 0.3) is 0 Å². The molecule has 9 heteroatoms. The van der Waals surface area contributed by atoms with E-state index >= 15 is 0 Å². The molecule has 0 aliphatic carbocycles. The van der Waals surface area contributed by atoms with Gasteiger partial charge in [-0.15, -0.1) is 0 Å². The Hall–Kier alpha value is -1.97. The van der Waals surface area contributed by atoms with E-state index in [0.717, 1.165) is 17.5 Å². The number of anilines is 1. The summed E-state index contributed by atoms with van der Waals surface area (Å²) in [6.07, 6.45) is 2.33. The lowest BCUT2D eigenvalue weighted by atomic mass is 9.83. The summed E-state index contributed by atoms with van der Waals surface area (Å²) >= 11 is 0. The summed E-state index contributed by atoms with van der Waals surface area (Å²) < 4.78 is 28.3. The lowest BCUT2D eigenvalue weighted by Crippen LogP contribution is -2.57. The van der Waals surface area contributed by atoms with Crippen LogP contribution in [0.4, 0.5) is 5.69 Å². The molecule has 2 heterocycles. The van der Waals surface area contributed by atoms with Crippen molar-refractivity contribution in [2.75, 3.05) is 25.2 Å². The lowest BCUT2D eigenvalue weighted by Gasteiger charge is -2.40. The molecule has 0 saturated carbocycles. The van der Waals surface area contributed by atoms with Gasteiger partial charge in [0.2, 0.25) is 5.91 Å². The monoisotopic (exact) mass is 352 g/mol. The van der Waals surface area contributed by atoms with E-state index in [2.05, 4.69) is 15.8 Å². The summed E-state index contributed by atoms with van der Waals surface area (Å²) in [6, 6.07) is 7.03. The molecule has 1 fully saturated rings. The Morgan fingerprint density at radius 3 is 2.92 bits per heavy atom. The quantitative estimate of drug-likeness (QED) is 0.820. The molecular weight excluding hydrogens is 332 g/mol. The Balaban J connectivity index is 2.01.